The van der Waals surface area contributed by atoms with Crippen LogP contribution in [-0.2, 0) is 14.4 Å². The Balaban J connectivity index is 2.37. The fourth-order valence-electron chi connectivity index (χ4n) is 1.96. The van der Waals surface area contributed by atoms with Crippen molar-refractivity contribution in [1.82, 2.24) is 15.1 Å². The van der Waals surface area contributed by atoms with Gasteiger partial charge < -0.3 is 21.7 Å². The van der Waals surface area contributed by atoms with Crippen molar-refractivity contribution in [3.05, 3.63) is 0 Å². The number of hydrogen-bond donors (Lipinski definition) is 3. The molecule has 0 atom stereocenters. The third-order valence-electron chi connectivity index (χ3n) is 2.94. The van der Waals surface area contributed by atoms with Crippen LogP contribution in [0.4, 0.5) is 0 Å². The van der Waals surface area contributed by atoms with Gasteiger partial charge in [-0.15, -0.1) is 0 Å². The van der Waals surface area contributed by atoms with E-state index in [0.717, 1.165) is 13.0 Å². The molecular weight excluding hydrogens is 250 g/mol. The molecule has 0 radical (unpaired) electrons. The molecule has 1 saturated heterocycles. The quantitative estimate of drug-likeness (QED) is 0.494. The van der Waals surface area contributed by atoms with Crippen molar-refractivity contribution in [1.29, 1.82) is 0 Å². The highest BCUT2D eigenvalue weighted by Crippen LogP contribution is 2.02. The highest BCUT2D eigenvalue weighted by Gasteiger charge is 2.19. The lowest BCUT2D eigenvalue weighted by atomic mass is 10.3. The van der Waals surface area contributed by atoms with E-state index in [0.29, 0.717) is 19.6 Å². The summed E-state index contributed by atoms with van der Waals surface area (Å²) in [7, 11) is 0. The van der Waals surface area contributed by atoms with Crippen LogP contribution < -0.4 is 16.8 Å². The number of nitrogens with one attached hydrogen (secondary N) is 1. The van der Waals surface area contributed by atoms with Crippen LogP contribution in [0.1, 0.15) is 6.42 Å². The molecule has 0 spiro atoms. The van der Waals surface area contributed by atoms with E-state index in [1.54, 1.807) is 4.90 Å². The smallest absolute Gasteiger partial charge is 0.242 e. The summed E-state index contributed by atoms with van der Waals surface area (Å²) in [5.74, 6) is -0.851. The van der Waals surface area contributed by atoms with Gasteiger partial charge in [-0.05, 0) is 6.42 Å². The minimum atomic E-state index is -0.366. The molecule has 8 heteroatoms. The molecule has 0 unspecified atom stereocenters. The first-order valence-electron chi connectivity index (χ1n) is 6.28. The minimum absolute atomic E-state index is 0.0359. The molecule has 108 valence electrons. The van der Waals surface area contributed by atoms with Crippen LogP contribution in [0, 0.1) is 0 Å². The largest absolute Gasteiger partial charge is 0.369 e. The van der Waals surface area contributed by atoms with Crippen molar-refractivity contribution in [2.24, 2.45) is 11.5 Å². The number of rotatable bonds is 5. The van der Waals surface area contributed by atoms with Gasteiger partial charge in [-0.1, -0.05) is 0 Å². The van der Waals surface area contributed by atoms with E-state index in [1.165, 1.54) is 0 Å². The number of primary amides is 1. The molecule has 1 rings (SSSR count). The van der Waals surface area contributed by atoms with Gasteiger partial charge in [0.25, 0.3) is 0 Å². The molecule has 0 aliphatic carbocycles. The molecule has 1 aliphatic rings. The average Bonchev–Trinajstić information content (AvgIpc) is 2.60. The second kappa shape index (κ2) is 7.70. The first kappa shape index (κ1) is 15.4. The maximum Gasteiger partial charge on any atom is 0.242 e. The molecule has 8 nitrogen and oxygen atoms in total. The zero-order valence-corrected chi connectivity index (χ0v) is 10.9. The summed E-state index contributed by atoms with van der Waals surface area (Å²) in [6, 6.07) is 0. The molecule has 0 aromatic heterocycles. The van der Waals surface area contributed by atoms with E-state index in [1.807, 2.05) is 4.90 Å². The predicted octanol–water partition coefficient (Wildman–Crippen LogP) is -2.92. The van der Waals surface area contributed by atoms with Crippen molar-refractivity contribution >= 4 is 17.7 Å². The van der Waals surface area contributed by atoms with Gasteiger partial charge in [-0.25, -0.2) is 0 Å². The molecule has 0 aromatic rings. The van der Waals surface area contributed by atoms with Crippen LogP contribution in [0.5, 0.6) is 0 Å². The monoisotopic (exact) mass is 271 g/mol. The summed E-state index contributed by atoms with van der Waals surface area (Å²) < 4.78 is 0. The van der Waals surface area contributed by atoms with Gasteiger partial charge in [-0.3, -0.25) is 19.3 Å². The Morgan fingerprint density at radius 3 is 2.47 bits per heavy atom. The molecule has 0 bridgehead atoms. The number of nitrogens with zero attached hydrogens (tertiary/aromatic N) is 2. The van der Waals surface area contributed by atoms with Crippen LogP contribution >= 0.6 is 0 Å². The summed E-state index contributed by atoms with van der Waals surface area (Å²) >= 11 is 0. The third kappa shape index (κ3) is 5.66. The molecule has 1 aliphatic heterocycles. The van der Waals surface area contributed by atoms with E-state index in [9.17, 15) is 14.4 Å². The van der Waals surface area contributed by atoms with Crippen LogP contribution in [0.15, 0.2) is 0 Å². The van der Waals surface area contributed by atoms with E-state index >= 15 is 0 Å². The summed E-state index contributed by atoms with van der Waals surface area (Å²) in [6.07, 6.45) is 0.782. The number of carbonyl (C=O) groups is 3. The second-order valence-corrected chi connectivity index (χ2v) is 4.46. The molecule has 1 fully saturated rings. The fourth-order valence-corrected chi connectivity index (χ4v) is 1.96. The first-order chi connectivity index (χ1) is 9.02. The topological polar surface area (TPSA) is 122 Å². The van der Waals surface area contributed by atoms with Crippen LogP contribution in [0.2, 0.25) is 0 Å². The molecule has 0 aromatic carbocycles. The van der Waals surface area contributed by atoms with Crippen LogP contribution in [-0.4, -0.2) is 73.3 Å². The van der Waals surface area contributed by atoms with Gasteiger partial charge in [0.15, 0.2) is 0 Å². The van der Waals surface area contributed by atoms with E-state index in [2.05, 4.69) is 5.32 Å². The minimum Gasteiger partial charge on any atom is -0.369 e. The van der Waals surface area contributed by atoms with Crippen molar-refractivity contribution < 1.29 is 14.4 Å². The zero-order valence-electron chi connectivity index (χ0n) is 10.9. The Morgan fingerprint density at radius 1 is 1.11 bits per heavy atom. The van der Waals surface area contributed by atoms with Crippen molar-refractivity contribution in [3.8, 4) is 0 Å². The Labute approximate surface area is 112 Å². The highest BCUT2D eigenvalue weighted by atomic mass is 16.2. The number of hydrogen-bond acceptors (Lipinski definition) is 5. The van der Waals surface area contributed by atoms with E-state index < -0.39 is 0 Å². The van der Waals surface area contributed by atoms with Gasteiger partial charge in [0.2, 0.25) is 17.7 Å². The molecule has 0 saturated carbocycles. The molecule has 3 amide bonds. The van der Waals surface area contributed by atoms with Gasteiger partial charge in [0.05, 0.1) is 19.6 Å². The summed E-state index contributed by atoms with van der Waals surface area (Å²) in [5.41, 5.74) is 10.3. The lowest BCUT2D eigenvalue weighted by Gasteiger charge is -2.21. The van der Waals surface area contributed by atoms with Crippen LogP contribution in [0.25, 0.3) is 0 Å². The Morgan fingerprint density at radius 2 is 1.84 bits per heavy atom. The maximum atomic E-state index is 11.9. The molecule has 1 heterocycles. The first-order valence-corrected chi connectivity index (χ1v) is 6.28. The number of nitrogens with two attached hydrogens (primary N) is 2. The number of carbonyl (C=O) groups excluding carboxylic acids is 3. The SMILES string of the molecule is NCC(=O)NCC(=O)N1CCCN(CC(N)=O)CC1. The third-order valence-corrected chi connectivity index (χ3v) is 2.94. The predicted molar refractivity (Wildman–Crippen MR) is 68.9 cm³/mol. The molecule has 19 heavy (non-hydrogen) atoms. The summed E-state index contributed by atoms with van der Waals surface area (Å²) in [5, 5.41) is 2.45. The zero-order chi connectivity index (χ0) is 14.3. The van der Waals surface area contributed by atoms with Gasteiger partial charge in [-0.2, -0.15) is 0 Å². The van der Waals surface area contributed by atoms with Gasteiger partial charge in [0, 0.05) is 26.2 Å². The van der Waals surface area contributed by atoms with Crippen molar-refractivity contribution in [2.75, 3.05) is 45.8 Å². The Kier molecular flexibility index (Phi) is 6.23. The van der Waals surface area contributed by atoms with Gasteiger partial charge >= 0.3 is 0 Å². The van der Waals surface area contributed by atoms with Crippen LogP contribution in [0.3, 0.4) is 0 Å². The number of amides is 3. The fraction of sp³-hybridized carbons (Fsp3) is 0.727. The molecular formula is C11H21N5O3. The molecule has 5 N–H and O–H groups in total. The van der Waals surface area contributed by atoms with Gasteiger partial charge in [0.1, 0.15) is 0 Å². The lowest BCUT2D eigenvalue weighted by Crippen LogP contribution is -2.43. The summed E-state index contributed by atoms with van der Waals surface area (Å²) in [6.45, 7) is 2.55. The second-order valence-electron chi connectivity index (χ2n) is 4.46. The summed E-state index contributed by atoms with van der Waals surface area (Å²) in [4.78, 5) is 37.3. The lowest BCUT2D eigenvalue weighted by molar-refractivity contribution is -0.132. The highest BCUT2D eigenvalue weighted by molar-refractivity contribution is 5.85. The average molecular weight is 271 g/mol. The Hall–Kier alpha value is -1.67. The van der Waals surface area contributed by atoms with E-state index in [4.69, 9.17) is 11.5 Å². The van der Waals surface area contributed by atoms with Crippen molar-refractivity contribution in [2.45, 2.75) is 6.42 Å². The normalized spacial score (nSPS) is 16.8. The standard InChI is InChI=1S/C11H21N5O3/c12-6-10(18)14-7-11(19)16-3-1-2-15(4-5-16)8-9(13)17/h1-8,12H2,(H2,13,17)(H,14,18). The van der Waals surface area contributed by atoms with Crippen molar-refractivity contribution in [3.63, 3.8) is 0 Å². The maximum absolute atomic E-state index is 11.9. The van der Waals surface area contributed by atoms with E-state index in [-0.39, 0.29) is 37.4 Å². The Bertz CT molecular complexity index is 347.